The number of Topliss-reactive ketones (excluding diaryl/α,β-unsaturated/α-hetero) is 1. The summed E-state index contributed by atoms with van der Waals surface area (Å²) in [5.74, 6) is 0.302. The van der Waals surface area contributed by atoms with Gasteiger partial charge in [-0.15, -0.1) is 0 Å². The van der Waals surface area contributed by atoms with Gasteiger partial charge in [-0.05, 0) is 6.92 Å². The van der Waals surface area contributed by atoms with Gasteiger partial charge in [-0.25, -0.2) is 9.78 Å². The molecule has 1 aliphatic heterocycles. The number of rotatable bonds is 7. The van der Waals surface area contributed by atoms with Crippen molar-refractivity contribution in [2.75, 3.05) is 38.6 Å². The molecular formula is C22H27N5O3S2. The standard InChI is InChI=1S/C22H27N5O3S2/c1-15-4-6-16(7-5-15)17(28)14-32-21-23-19-18(20(31)25(3)22(29)24(19)2)27(21)9-8-26-10-12-30-13-11-26/h4-7H,8-14H2,1-3H3. The second-order valence-electron chi connectivity index (χ2n) is 7.96. The van der Waals surface area contributed by atoms with Crippen molar-refractivity contribution >= 4 is 40.9 Å². The summed E-state index contributed by atoms with van der Waals surface area (Å²) in [6.07, 6.45) is 0. The molecule has 3 heterocycles. The summed E-state index contributed by atoms with van der Waals surface area (Å²) in [7, 11) is 3.38. The van der Waals surface area contributed by atoms with Crippen LogP contribution in [0.1, 0.15) is 15.9 Å². The Bertz CT molecular complexity index is 1250. The number of ether oxygens (including phenoxy) is 1. The summed E-state index contributed by atoms with van der Waals surface area (Å²) >= 11 is 7.00. The molecule has 10 heteroatoms. The minimum Gasteiger partial charge on any atom is -0.379 e. The van der Waals surface area contributed by atoms with E-state index in [0.29, 0.717) is 27.6 Å². The number of aryl methyl sites for hydroxylation is 2. The van der Waals surface area contributed by atoms with Crippen LogP contribution in [0.4, 0.5) is 0 Å². The van der Waals surface area contributed by atoms with Crippen molar-refractivity contribution in [3.63, 3.8) is 0 Å². The molecule has 1 aromatic carbocycles. The number of carbonyl (C=O) groups is 1. The lowest BCUT2D eigenvalue weighted by molar-refractivity contribution is 0.0362. The largest absolute Gasteiger partial charge is 0.379 e. The number of thioether (sulfide) groups is 1. The van der Waals surface area contributed by atoms with Gasteiger partial charge in [0.1, 0.15) is 10.2 Å². The Morgan fingerprint density at radius 2 is 1.81 bits per heavy atom. The topological polar surface area (TPSA) is 74.3 Å². The van der Waals surface area contributed by atoms with Crippen molar-refractivity contribution in [1.82, 2.24) is 23.6 Å². The number of imidazole rings is 1. The summed E-state index contributed by atoms with van der Waals surface area (Å²) in [4.78, 5) is 32.3. The predicted octanol–water partition coefficient (Wildman–Crippen LogP) is 2.42. The Morgan fingerprint density at radius 1 is 1.12 bits per heavy atom. The van der Waals surface area contributed by atoms with Gasteiger partial charge in [0.2, 0.25) is 0 Å². The molecule has 3 aromatic rings. The molecular weight excluding hydrogens is 446 g/mol. The summed E-state index contributed by atoms with van der Waals surface area (Å²) in [5, 5.41) is 0.695. The second-order valence-corrected chi connectivity index (χ2v) is 9.29. The van der Waals surface area contributed by atoms with Crippen LogP contribution in [0.15, 0.2) is 34.2 Å². The molecule has 0 aliphatic carbocycles. The average molecular weight is 474 g/mol. The van der Waals surface area contributed by atoms with Gasteiger partial charge in [-0.3, -0.25) is 18.8 Å². The van der Waals surface area contributed by atoms with E-state index in [1.54, 1.807) is 14.1 Å². The number of hydrogen-bond acceptors (Lipinski definition) is 7. The highest BCUT2D eigenvalue weighted by Gasteiger charge is 2.20. The number of benzene rings is 1. The van der Waals surface area contributed by atoms with E-state index in [9.17, 15) is 9.59 Å². The number of morpholine rings is 1. The zero-order valence-electron chi connectivity index (χ0n) is 18.5. The quantitative estimate of drug-likeness (QED) is 0.296. The van der Waals surface area contributed by atoms with E-state index in [1.165, 1.54) is 20.9 Å². The third-order valence-corrected chi connectivity index (χ3v) is 7.21. The maximum absolute atomic E-state index is 12.7. The second kappa shape index (κ2) is 9.70. The Balaban J connectivity index is 1.66. The minimum absolute atomic E-state index is 0.0415. The van der Waals surface area contributed by atoms with Crippen LogP contribution < -0.4 is 5.69 Å². The molecule has 1 saturated heterocycles. The molecule has 1 fully saturated rings. The molecule has 0 unspecified atom stereocenters. The normalized spacial score (nSPS) is 14.8. The van der Waals surface area contributed by atoms with Gasteiger partial charge >= 0.3 is 5.69 Å². The summed E-state index contributed by atoms with van der Waals surface area (Å²) in [5.41, 5.74) is 2.88. The van der Waals surface area contributed by atoms with Crippen molar-refractivity contribution in [3.05, 3.63) is 50.5 Å². The summed E-state index contributed by atoms with van der Waals surface area (Å²) in [6, 6.07) is 7.58. The number of ketones is 1. The highest BCUT2D eigenvalue weighted by molar-refractivity contribution is 7.99. The lowest BCUT2D eigenvalue weighted by Crippen LogP contribution is -2.38. The smallest absolute Gasteiger partial charge is 0.330 e. The monoisotopic (exact) mass is 473 g/mol. The lowest BCUT2D eigenvalue weighted by Gasteiger charge is -2.26. The van der Waals surface area contributed by atoms with Gasteiger partial charge in [0, 0.05) is 45.8 Å². The van der Waals surface area contributed by atoms with Crippen LogP contribution in [0, 0.1) is 11.6 Å². The minimum atomic E-state index is -0.215. The van der Waals surface area contributed by atoms with E-state index < -0.39 is 0 Å². The molecule has 0 atom stereocenters. The van der Waals surface area contributed by atoms with Crippen molar-refractivity contribution in [2.24, 2.45) is 14.1 Å². The van der Waals surface area contributed by atoms with E-state index in [1.807, 2.05) is 31.2 Å². The van der Waals surface area contributed by atoms with Gasteiger partial charge in [0.25, 0.3) is 0 Å². The first-order valence-corrected chi connectivity index (χ1v) is 11.9. The number of fused-ring (bicyclic) bond motifs is 1. The average Bonchev–Trinajstić information content (AvgIpc) is 3.18. The molecule has 32 heavy (non-hydrogen) atoms. The van der Waals surface area contributed by atoms with E-state index in [2.05, 4.69) is 9.47 Å². The van der Waals surface area contributed by atoms with Crippen molar-refractivity contribution in [1.29, 1.82) is 0 Å². The molecule has 0 N–H and O–H groups in total. The number of carbonyl (C=O) groups excluding carboxylic acids is 1. The van der Waals surface area contributed by atoms with Crippen LogP contribution in [0.25, 0.3) is 11.2 Å². The number of nitrogens with zero attached hydrogens (tertiary/aromatic N) is 5. The van der Waals surface area contributed by atoms with Crippen LogP contribution in [0.2, 0.25) is 0 Å². The first kappa shape index (κ1) is 22.9. The van der Waals surface area contributed by atoms with E-state index in [0.717, 1.165) is 43.9 Å². The lowest BCUT2D eigenvalue weighted by atomic mass is 10.1. The van der Waals surface area contributed by atoms with Crippen LogP contribution in [-0.4, -0.2) is 68.0 Å². The third kappa shape index (κ3) is 4.59. The zero-order chi connectivity index (χ0) is 22.8. The van der Waals surface area contributed by atoms with Crippen LogP contribution in [-0.2, 0) is 25.4 Å². The van der Waals surface area contributed by atoms with Crippen molar-refractivity contribution in [3.8, 4) is 0 Å². The van der Waals surface area contributed by atoms with E-state index in [4.69, 9.17) is 21.9 Å². The SMILES string of the molecule is Cc1ccc(C(=O)CSc2nc3c(c(=S)n(C)c(=O)n3C)n2CCN2CCOCC2)cc1. The van der Waals surface area contributed by atoms with Crippen molar-refractivity contribution in [2.45, 2.75) is 18.6 Å². The Hall–Kier alpha value is -2.27. The maximum Gasteiger partial charge on any atom is 0.330 e. The van der Waals surface area contributed by atoms with Crippen LogP contribution in [0.5, 0.6) is 0 Å². The van der Waals surface area contributed by atoms with E-state index in [-0.39, 0.29) is 17.2 Å². The predicted molar refractivity (Wildman–Crippen MR) is 128 cm³/mol. The molecule has 4 rings (SSSR count). The van der Waals surface area contributed by atoms with Gasteiger partial charge in [-0.1, -0.05) is 53.8 Å². The van der Waals surface area contributed by atoms with E-state index >= 15 is 0 Å². The van der Waals surface area contributed by atoms with Gasteiger partial charge in [-0.2, -0.15) is 0 Å². The fourth-order valence-corrected chi connectivity index (χ4v) is 4.96. The fraction of sp³-hybridized carbons (Fsp3) is 0.455. The molecule has 8 nitrogen and oxygen atoms in total. The molecule has 0 amide bonds. The van der Waals surface area contributed by atoms with Crippen LogP contribution in [0.3, 0.4) is 0 Å². The number of hydrogen-bond donors (Lipinski definition) is 0. The molecule has 0 radical (unpaired) electrons. The van der Waals surface area contributed by atoms with Crippen molar-refractivity contribution < 1.29 is 9.53 Å². The van der Waals surface area contributed by atoms with Crippen LogP contribution >= 0.6 is 24.0 Å². The summed E-state index contributed by atoms with van der Waals surface area (Å²) < 4.78 is 10.9. The molecule has 0 spiro atoms. The molecule has 2 aromatic heterocycles. The Kier molecular flexibility index (Phi) is 6.94. The van der Waals surface area contributed by atoms with Gasteiger partial charge < -0.3 is 9.30 Å². The maximum atomic E-state index is 12.7. The first-order valence-electron chi connectivity index (χ1n) is 10.6. The van der Waals surface area contributed by atoms with Gasteiger partial charge in [0.15, 0.2) is 16.6 Å². The fourth-order valence-electron chi connectivity index (χ4n) is 3.76. The molecule has 1 aliphatic rings. The third-order valence-electron chi connectivity index (χ3n) is 5.76. The zero-order valence-corrected chi connectivity index (χ0v) is 20.2. The summed E-state index contributed by atoms with van der Waals surface area (Å²) in [6.45, 7) is 6.70. The Morgan fingerprint density at radius 3 is 2.50 bits per heavy atom. The molecule has 0 bridgehead atoms. The van der Waals surface area contributed by atoms with Gasteiger partial charge in [0.05, 0.1) is 19.0 Å². The Labute approximate surface area is 195 Å². The number of aromatic nitrogens is 4. The highest BCUT2D eigenvalue weighted by atomic mass is 32.2. The highest BCUT2D eigenvalue weighted by Crippen LogP contribution is 2.25. The molecule has 0 saturated carbocycles. The molecule has 170 valence electrons. The first-order chi connectivity index (χ1) is 15.4.